The van der Waals surface area contributed by atoms with Gasteiger partial charge in [-0.15, -0.1) is 0 Å². The molecule has 0 atom stereocenters. The van der Waals surface area contributed by atoms with E-state index in [2.05, 4.69) is 5.32 Å². The van der Waals surface area contributed by atoms with Gasteiger partial charge in [-0.1, -0.05) is 55.8 Å². The second kappa shape index (κ2) is 9.48. The normalized spacial score (nSPS) is 11.9. The summed E-state index contributed by atoms with van der Waals surface area (Å²) in [6.07, 6.45) is 3.11. The van der Waals surface area contributed by atoms with Crippen LogP contribution >= 0.6 is 0 Å². The van der Waals surface area contributed by atoms with Gasteiger partial charge in [0.25, 0.3) is 0 Å². The van der Waals surface area contributed by atoms with Gasteiger partial charge in [0, 0.05) is 25.7 Å². The maximum atomic E-state index is 12.5. The van der Waals surface area contributed by atoms with Crippen LogP contribution in [0.25, 0.3) is 6.08 Å². The summed E-state index contributed by atoms with van der Waals surface area (Å²) in [6.45, 7) is 6.97. The van der Waals surface area contributed by atoms with Crippen LogP contribution in [0.2, 0.25) is 0 Å². The summed E-state index contributed by atoms with van der Waals surface area (Å²) in [5.74, 6) is -0.199. The zero-order valence-electron chi connectivity index (χ0n) is 16.0. The smallest absolute Gasteiger partial charge is 0.244 e. The predicted octanol–water partition coefficient (Wildman–Crippen LogP) is 3.36. The molecule has 0 aliphatic rings. The molecule has 2 aromatic rings. The summed E-state index contributed by atoms with van der Waals surface area (Å²) < 4.78 is 26.3. The van der Waals surface area contributed by atoms with Crippen LogP contribution in [-0.2, 0) is 21.4 Å². The number of aryl methyl sites for hydroxylation is 1. The molecule has 144 valence electrons. The quantitative estimate of drug-likeness (QED) is 0.708. The van der Waals surface area contributed by atoms with E-state index in [4.69, 9.17) is 0 Å². The third-order valence-electron chi connectivity index (χ3n) is 4.24. The average Bonchev–Trinajstić information content (AvgIpc) is 2.67. The Morgan fingerprint density at radius 1 is 1.00 bits per heavy atom. The Morgan fingerprint density at radius 2 is 1.59 bits per heavy atom. The second-order valence-corrected chi connectivity index (χ2v) is 8.13. The molecule has 0 fully saturated rings. The summed E-state index contributed by atoms with van der Waals surface area (Å²) in [5.41, 5.74) is 2.98. The van der Waals surface area contributed by atoms with Crippen LogP contribution in [0.4, 0.5) is 0 Å². The molecule has 0 saturated heterocycles. The van der Waals surface area contributed by atoms with Crippen molar-refractivity contribution < 1.29 is 13.2 Å². The van der Waals surface area contributed by atoms with E-state index in [0.717, 1.165) is 11.1 Å². The Labute approximate surface area is 161 Å². The van der Waals surface area contributed by atoms with Gasteiger partial charge in [0.05, 0.1) is 4.90 Å². The molecule has 0 aliphatic heterocycles. The van der Waals surface area contributed by atoms with Gasteiger partial charge in [0.1, 0.15) is 0 Å². The third-order valence-corrected chi connectivity index (χ3v) is 6.30. The van der Waals surface area contributed by atoms with Crippen LogP contribution in [0.1, 0.15) is 30.5 Å². The molecule has 0 bridgehead atoms. The summed E-state index contributed by atoms with van der Waals surface area (Å²) in [7, 11) is -3.46. The summed E-state index contributed by atoms with van der Waals surface area (Å²) >= 11 is 0. The lowest BCUT2D eigenvalue weighted by Crippen LogP contribution is -2.30. The van der Waals surface area contributed by atoms with Crippen molar-refractivity contribution in [3.8, 4) is 0 Å². The number of hydrogen-bond acceptors (Lipinski definition) is 3. The lowest BCUT2D eigenvalue weighted by atomic mass is 10.1. The highest BCUT2D eigenvalue weighted by Crippen LogP contribution is 2.16. The van der Waals surface area contributed by atoms with Crippen molar-refractivity contribution in [2.24, 2.45) is 0 Å². The van der Waals surface area contributed by atoms with Gasteiger partial charge in [-0.3, -0.25) is 4.79 Å². The fourth-order valence-corrected chi connectivity index (χ4v) is 4.05. The highest BCUT2D eigenvalue weighted by molar-refractivity contribution is 7.89. The molecule has 27 heavy (non-hydrogen) atoms. The third kappa shape index (κ3) is 5.77. The first-order valence-electron chi connectivity index (χ1n) is 8.98. The fraction of sp³-hybridized carbons (Fsp3) is 0.286. The topological polar surface area (TPSA) is 66.5 Å². The van der Waals surface area contributed by atoms with Crippen molar-refractivity contribution >= 4 is 22.0 Å². The van der Waals surface area contributed by atoms with E-state index in [-0.39, 0.29) is 10.8 Å². The lowest BCUT2D eigenvalue weighted by molar-refractivity contribution is -0.116. The van der Waals surface area contributed by atoms with E-state index in [1.165, 1.54) is 15.9 Å². The first-order chi connectivity index (χ1) is 12.9. The Morgan fingerprint density at radius 3 is 2.15 bits per heavy atom. The molecule has 6 heteroatoms. The van der Waals surface area contributed by atoms with Gasteiger partial charge in [0.2, 0.25) is 15.9 Å². The van der Waals surface area contributed by atoms with Crippen LogP contribution in [-0.4, -0.2) is 31.7 Å². The summed E-state index contributed by atoms with van der Waals surface area (Å²) in [5, 5.41) is 2.83. The van der Waals surface area contributed by atoms with Crippen molar-refractivity contribution in [1.82, 2.24) is 9.62 Å². The van der Waals surface area contributed by atoms with Crippen molar-refractivity contribution in [2.45, 2.75) is 32.2 Å². The molecule has 0 spiro atoms. The first-order valence-corrected chi connectivity index (χ1v) is 10.4. The molecule has 5 nitrogen and oxygen atoms in total. The van der Waals surface area contributed by atoms with E-state index < -0.39 is 10.0 Å². The van der Waals surface area contributed by atoms with E-state index in [0.29, 0.717) is 19.6 Å². The summed E-state index contributed by atoms with van der Waals surface area (Å²) in [6, 6.07) is 14.5. The van der Waals surface area contributed by atoms with E-state index >= 15 is 0 Å². The Balaban J connectivity index is 1.97. The van der Waals surface area contributed by atoms with Crippen molar-refractivity contribution in [3.05, 3.63) is 71.3 Å². The SMILES string of the molecule is CCN(CC)S(=O)(=O)c1ccc(/C=C/C(=O)NCc2ccc(C)cc2)cc1. The highest BCUT2D eigenvalue weighted by Gasteiger charge is 2.20. The number of amides is 1. The average molecular weight is 387 g/mol. The number of benzene rings is 2. The minimum Gasteiger partial charge on any atom is -0.348 e. The summed E-state index contributed by atoms with van der Waals surface area (Å²) in [4.78, 5) is 12.2. The molecular weight excluding hydrogens is 360 g/mol. The minimum atomic E-state index is -3.46. The number of carbonyl (C=O) groups is 1. The fourth-order valence-electron chi connectivity index (χ4n) is 2.59. The molecule has 0 aromatic heterocycles. The molecular formula is C21H26N2O3S. The van der Waals surface area contributed by atoms with E-state index in [1.807, 2.05) is 45.0 Å². The molecule has 0 heterocycles. The van der Waals surface area contributed by atoms with E-state index in [1.54, 1.807) is 30.3 Å². The number of carbonyl (C=O) groups excluding carboxylic acids is 1. The zero-order valence-corrected chi connectivity index (χ0v) is 16.8. The minimum absolute atomic E-state index is 0.199. The van der Waals surface area contributed by atoms with Gasteiger partial charge < -0.3 is 5.32 Å². The molecule has 0 saturated carbocycles. The van der Waals surface area contributed by atoms with Crippen LogP contribution < -0.4 is 5.32 Å². The molecule has 1 N–H and O–H groups in total. The molecule has 0 aliphatic carbocycles. The Kier molecular flexibility index (Phi) is 7.33. The highest BCUT2D eigenvalue weighted by atomic mass is 32.2. The monoisotopic (exact) mass is 386 g/mol. The Hall–Kier alpha value is -2.44. The largest absolute Gasteiger partial charge is 0.348 e. The van der Waals surface area contributed by atoms with Crippen LogP contribution in [0, 0.1) is 6.92 Å². The standard InChI is InChI=1S/C21H26N2O3S/c1-4-23(5-2)27(25,26)20-13-10-18(11-14-20)12-15-21(24)22-16-19-8-6-17(3)7-9-19/h6-15H,4-5,16H2,1-3H3,(H,22,24)/b15-12+. The number of sulfonamides is 1. The first kappa shape index (κ1) is 20.9. The number of nitrogens with zero attached hydrogens (tertiary/aromatic N) is 1. The maximum Gasteiger partial charge on any atom is 0.244 e. The molecule has 0 radical (unpaired) electrons. The zero-order chi connectivity index (χ0) is 19.9. The van der Waals surface area contributed by atoms with Gasteiger partial charge in [-0.25, -0.2) is 8.42 Å². The molecule has 2 aromatic carbocycles. The number of rotatable bonds is 8. The van der Waals surface area contributed by atoms with E-state index in [9.17, 15) is 13.2 Å². The lowest BCUT2D eigenvalue weighted by Gasteiger charge is -2.18. The Bertz CT molecular complexity index is 882. The molecule has 1 amide bonds. The van der Waals surface area contributed by atoms with Crippen LogP contribution in [0.3, 0.4) is 0 Å². The van der Waals surface area contributed by atoms with Crippen LogP contribution in [0.15, 0.2) is 59.5 Å². The predicted molar refractivity (Wildman–Crippen MR) is 109 cm³/mol. The van der Waals surface area contributed by atoms with Gasteiger partial charge in [-0.05, 0) is 36.3 Å². The van der Waals surface area contributed by atoms with Gasteiger partial charge in [0.15, 0.2) is 0 Å². The van der Waals surface area contributed by atoms with Crippen molar-refractivity contribution in [3.63, 3.8) is 0 Å². The molecule has 2 rings (SSSR count). The number of nitrogens with one attached hydrogen (secondary N) is 1. The van der Waals surface area contributed by atoms with Gasteiger partial charge in [-0.2, -0.15) is 4.31 Å². The number of hydrogen-bond donors (Lipinski definition) is 1. The van der Waals surface area contributed by atoms with Crippen molar-refractivity contribution in [1.29, 1.82) is 0 Å². The second-order valence-electron chi connectivity index (χ2n) is 6.20. The van der Waals surface area contributed by atoms with Crippen molar-refractivity contribution in [2.75, 3.05) is 13.1 Å². The van der Waals surface area contributed by atoms with Gasteiger partial charge >= 0.3 is 0 Å². The molecule has 0 unspecified atom stereocenters. The maximum absolute atomic E-state index is 12.5. The van der Waals surface area contributed by atoms with Crippen LogP contribution in [0.5, 0.6) is 0 Å².